The molecular formula is C16H19FN2O3S. The zero-order valence-corrected chi connectivity index (χ0v) is 14.1. The summed E-state index contributed by atoms with van der Waals surface area (Å²) in [4.78, 5) is 23.6. The first-order valence-electron chi connectivity index (χ1n) is 7.16. The summed E-state index contributed by atoms with van der Waals surface area (Å²) in [7, 11) is -2.52. The molecule has 0 aliphatic heterocycles. The minimum atomic E-state index is -2.52. The lowest BCUT2D eigenvalue weighted by Gasteiger charge is -2.06. The third-order valence-electron chi connectivity index (χ3n) is 3.43. The zero-order chi connectivity index (χ0) is 17.2. The van der Waals surface area contributed by atoms with Gasteiger partial charge in [-0.25, -0.2) is 8.60 Å². The van der Waals surface area contributed by atoms with Gasteiger partial charge in [-0.15, -0.1) is 0 Å². The van der Waals surface area contributed by atoms with Gasteiger partial charge in [0.05, 0.1) is 0 Å². The molecule has 5 nitrogen and oxygen atoms in total. The van der Waals surface area contributed by atoms with E-state index in [-0.39, 0.29) is 11.5 Å². The first kappa shape index (κ1) is 17.3. The molecule has 0 radical (unpaired) electrons. The van der Waals surface area contributed by atoms with E-state index in [1.54, 1.807) is 6.92 Å². The summed E-state index contributed by atoms with van der Waals surface area (Å²) in [5.41, 5.74) is 1.11. The van der Waals surface area contributed by atoms with Gasteiger partial charge in [0, 0.05) is 33.5 Å². The van der Waals surface area contributed by atoms with Gasteiger partial charge in [0.25, 0.3) is 11.8 Å². The number of benzene rings is 1. The van der Waals surface area contributed by atoms with Crippen LogP contribution in [0.3, 0.4) is 0 Å². The predicted octanol–water partition coefficient (Wildman–Crippen LogP) is 3.15. The van der Waals surface area contributed by atoms with Crippen molar-refractivity contribution >= 4 is 27.2 Å². The third-order valence-corrected chi connectivity index (χ3v) is 4.03. The fourth-order valence-electron chi connectivity index (χ4n) is 2.01. The van der Waals surface area contributed by atoms with Crippen molar-refractivity contribution in [1.29, 1.82) is 0 Å². The van der Waals surface area contributed by atoms with Gasteiger partial charge in [-0.3, -0.25) is 9.59 Å². The Hall–Kier alpha value is -2.02. The molecule has 1 saturated carbocycles. The minimum absolute atomic E-state index is 0.181. The average Bonchev–Trinajstić information content (AvgIpc) is 3.29. The maximum Gasteiger partial charge on any atom is 0.285 e. The Morgan fingerprint density at radius 1 is 1.22 bits per heavy atom. The Labute approximate surface area is 135 Å². The molecule has 0 saturated heterocycles. The van der Waals surface area contributed by atoms with E-state index in [0.717, 1.165) is 12.8 Å². The lowest BCUT2D eigenvalue weighted by molar-refractivity contribution is -0.114. The highest BCUT2D eigenvalue weighted by atomic mass is 32.2. The average molecular weight is 338 g/mol. The number of hydrogen-bond acceptors (Lipinski definition) is 3. The standard InChI is InChI=1S/C16H19FN2O3S/c1-10(11-4-5-11)14(17)16(21)18-13-8-6-12(7-9-13)15(20)19-23(2,3)22/h6-9,11H,4-5H2,1-3H3,(H,18,21). The van der Waals surface area contributed by atoms with Crippen LogP contribution in [0.15, 0.2) is 40.0 Å². The lowest BCUT2D eigenvalue weighted by atomic mass is 10.1. The third kappa shape index (κ3) is 4.99. The summed E-state index contributed by atoms with van der Waals surface area (Å²) < 4.78 is 29.0. The first-order valence-corrected chi connectivity index (χ1v) is 9.49. The number of rotatable bonds is 4. The fraction of sp³-hybridized carbons (Fsp3) is 0.375. The number of nitrogens with zero attached hydrogens (tertiary/aromatic N) is 1. The molecule has 1 N–H and O–H groups in total. The van der Waals surface area contributed by atoms with Gasteiger partial charge in [-0.1, -0.05) is 0 Å². The summed E-state index contributed by atoms with van der Waals surface area (Å²) in [5, 5.41) is 2.45. The van der Waals surface area contributed by atoms with Gasteiger partial charge in [-0.05, 0) is 55.5 Å². The van der Waals surface area contributed by atoms with E-state index in [9.17, 15) is 18.2 Å². The molecular weight excluding hydrogens is 319 g/mol. The van der Waals surface area contributed by atoms with E-state index in [0.29, 0.717) is 11.3 Å². The molecule has 124 valence electrons. The van der Waals surface area contributed by atoms with Crippen LogP contribution in [0.5, 0.6) is 0 Å². The van der Waals surface area contributed by atoms with Crippen molar-refractivity contribution in [2.75, 3.05) is 17.8 Å². The Morgan fingerprint density at radius 3 is 2.26 bits per heavy atom. The summed E-state index contributed by atoms with van der Waals surface area (Å²) in [6.45, 7) is 1.63. The number of anilines is 1. The highest BCUT2D eigenvalue weighted by Gasteiger charge is 2.28. The normalized spacial score (nSPS) is 15.7. The molecule has 1 aromatic rings. The Balaban J connectivity index is 2.08. The SMILES string of the molecule is CC(=C(F)C(=O)Nc1ccc(C(=O)N=S(C)(C)=O)cc1)C1CC1. The van der Waals surface area contributed by atoms with Crippen LogP contribution >= 0.6 is 0 Å². The second kappa shape index (κ2) is 6.62. The van der Waals surface area contributed by atoms with Crippen LogP contribution in [0.4, 0.5) is 10.1 Å². The molecule has 2 amide bonds. The zero-order valence-electron chi connectivity index (χ0n) is 13.3. The summed E-state index contributed by atoms with van der Waals surface area (Å²) in [6.07, 6.45) is 4.59. The van der Waals surface area contributed by atoms with Gasteiger partial charge in [0.1, 0.15) is 0 Å². The van der Waals surface area contributed by atoms with Crippen molar-refractivity contribution in [2.45, 2.75) is 19.8 Å². The second-order valence-corrected chi connectivity index (χ2v) is 8.43. The summed E-state index contributed by atoms with van der Waals surface area (Å²) in [6, 6.07) is 5.85. The highest BCUT2D eigenvalue weighted by Crippen LogP contribution is 2.38. The monoisotopic (exact) mass is 338 g/mol. The van der Waals surface area contributed by atoms with E-state index in [4.69, 9.17) is 0 Å². The van der Waals surface area contributed by atoms with Crippen LogP contribution in [0.1, 0.15) is 30.1 Å². The van der Waals surface area contributed by atoms with E-state index in [2.05, 4.69) is 9.68 Å². The molecule has 0 aromatic heterocycles. The molecule has 0 spiro atoms. The van der Waals surface area contributed by atoms with Gasteiger partial charge in [0.2, 0.25) is 0 Å². The van der Waals surface area contributed by atoms with E-state index < -0.39 is 27.4 Å². The predicted molar refractivity (Wildman–Crippen MR) is 88.4 cm³/mol. The largest absolute Gasteiger partial charge is 0.320 e. The smallest absolute Gasteiger partial charge is 0.285 e. The van der Waals surface area contributed by atoms with Crippen LogP contribution in [0.25, 0.3) is 0 Å². The van der Waals surface area contributed by atoms with Crippen molar-refractivity contribution in [3.8, 4) is 0 Å². The number of carbonyl (C=O) groups is 2. The van der Waals surface area contributed by atoms with E-state index >= 15 is 0 Å². The Bertz CT molecular complexity index is 778. The fourth-order valence-corrected chi connectivity index (χ4v) is 2.51. The van der Waals surface area contributed by atoms with Crippen molar-refractivity contribution < 1.29 is 18.2 Å². The molecule has 0 unspecified atom stereocenters. The highest BCUT2D eigenvalue weighted by molar-refractivity contribution is 7.92. The molecule has 1 aromatic carbocycles. The van der Waals surface area contributed by atoms with Crippen LogP contribution in [0, 0.1) is 5.92 Å². The van der Waals surface area contributed by atoms with Crippen molar-refractivity contribution in [1.82, 2.24) is 0 Å². The molecule has 1 aliphatic carbocycles. The minimum Gasteiger partial charge on any atom is -0.320 e. The topological polar surface area (TPSA) is 75.6 Å². The van der Waals surface area contributed by atoms with Crippen molar-refractivity contribution in [3.05, 3.63) is 41.2 Å². The summed E-state index contributed by atoms with van der Waals surface area (Å²) in [5.74, 6) is -1.95. The number of halogens is 1. The number of amides is 2. The van der Waals surface area contributed by atoms with Crippen molar-refractivity contribution in [3.63, 3.8) is 0 Å². The maximum atomic E-state index is 13.9. The summed E-state index contributed by atoms with van der Waals surface area (Å²) >= 11 is 0. The molecule has 1 aliphatic rings. The van der Waals surface area contributed by atoms with Crippen LogP contribution in [-0.2, 0) is 14.5 Å². The molecule has 0 bridgehead atoms. The Morgan fingerprint density at radius 2 is 1.78 bits per heavy atom. The molecule has 0 heterocycles. The molecule has 1 fully saturated rings. The molecule has 23 heavy (non-hydrogen) atoms. The van der Waals surface area contributed by atoms with Gasteiger partial charge < -0.3 is 5.32 Å². The van der Waals surface area contributed by atoms with Crippen LogP contribution < -0.4 is 5.32 Å². The van der Waals surface area contributed by atoms with Gasteiger partial charge in [-0.2, -0.15) is 4.36 Å². The van der Waals surface area contributed by atoms with Crippen LogP contribution in [0.2, 0.25) is 0 Å². The van der Waals surface area contributed by atoms with Gasteiger partial charge >= 0.3 is 0 Å². The Kier molecular flexibility index (Phi) is 4.99. The van der Waals surface area contributed by atoms with Crippen LogP contribution in [-0.4, -0.2) is 28.5 Å². The van der Waals surface area contributed by atoms with Gasteiger partial charge in [0.15, 0.2) is 5.83 Å². The quantitative estimate of drug-likeness (QED) is 0.857. The van der Waals surface area contributed by atoms with E-state index in [1.807, 2.05) is 0 Å². The number of allylic oxidation sites excluding steroid dienone is 1. The maximum absolute atomic E-state index is 13.9. The number of hydrogen-bond donors (Lipinski definition) is 1. The number of nitrogens with one attached hydrogen (secondary N) is 1. The lowest BCUT2D eigenvalue weighted by Crippen LogP contribution is -2.13. The van der Waals surface area contributed by atoms with Crippen molar-refractivity contribution in [2.24, 2.45) is 10.3 Å². The molecule has 2 rings (SSSR count). The second-order valence-electron chi connectivity index (χ2n) is 5.88. The molecule has 0 atom stereocenters. The molecule has 7 heteroatoms. The number of carbonyl (C=O) groups excluding carboxylic acids is 2. The first-order chi connectivity index (χ1) is 10.7. The van der Waals surface area contributed by atoms with E-state index in [1.165, 1.54) is 36.8 Å².